The third kappa shape index (κ3) is 4.76. The quantitative estimate of drug-likeness (QED) is 0.640. The first-order valence-corrected chi connectivity index (χ1v) is 9.55. The molecule has 142 valence electrons. The zero-order chi connectivity index (χ0) is 19.2. The molecule has 0 saturated carbocycles. The number of hydrogen-bond acceptors (Lipinski definition) is 3. The van der Waals surface area contributed by atoms with Crippen molar-refractivity contribution in [3.63, 3.8) is 0 Å². The van der Waals surface area contributed by atoms with Gasteiger partial charge in [-0.1, -0.05) is 44.5 Å². The van der Waals surface area contributed by atoms with Gasteiger partial charge in [-0.3, -0.25) is 4.79 Å². The highest BCUT2D eigenvalue weighted by Gasteiger charge is 2.33. The minimum absolute atomic E-state index is 0.0918. The van der Waals surface area contributed by atoms with Gasteiger partial charge in [0.25, 0.3) is 5.91 Å². The van der Waals surface area contributed by atoms with E-state index in [1.54, 1.807) is 0 Å². The zero-order valence-electron chi connectivity index (χ0n) is 16.6. The maximum atomic E-state index is 13.0. The number of fused-ring (bicyclic) bond motifs is 1. The summed E-state index contributed by atoms with van der Waals surface area (Å²) >= 11 is 0. The Morgan fingerprint density at radius 2 is 1.77 bits per heavy atom. The predicted molar refractivity (Wildman–Crippen MR) is 108 cm³/mol. The number of benzene rings is 2. The van der Waals surface area contributed by atoms with E-state index in [1.165, 1.54) is 0 Å². The van der Waals surface area contributed by atoms with Crippen LogP contribution in [0.4, 0.5) is 5.69 Å². The van der Waals surface area contributed by atoms with E-state index in [9.17, 15) is 4.79 Å². The van der Waals surface area contributed by atoms with Gasteiger partial charge in [-0.15, -0.1) is 0 Å². The van der Waals surface area contributed by atoms with Crippen LogP contribution in [0.3, 0.4) is 0 Å². The molecule has 4 heteroatoms. The second-order valence-electron chi connectivity index (χ2n) is 7.11. The largest absolute Gasteiger partial charge is 0.490 e. The average molecular weight is 357 g/mol. The smallest absolute Gasteiger partial charge is 0.256 e. The highest BCUT2D eigenvalue weighted by Crippen LogP contribution is 2.33. The van der Waals surface area contributed by atoms with Crippen LogP contribution in [-0.2, 0) is 9.53 Å². The molecule has 2 rings (SSSR count). The Morgan fingerprint density at radius 1 is 1.08 bits per heavy atom. The summed E-state index contributed by atoms with van der Waals surface area (Å²) in [6.45, 7) is 10.6. The van der Waals surface area contributed by atoms with Gasteiger partial charge in [0.05, 0.1) is 6.10 Å². The number of amides is 1. The van der Waals surface area contributed by atoms with Gasteiger partial charge in [-0.05, 0) is 45.7 Å². The van der Waals surface area contributed by atoms with E-state index < -0.39 is 5.60 Å². The van der Waals surface area contributed by atoms with Crippen LogP contribution in [0.2, 0.25) is 0 Å². The topological polar surface area (TPSA) is 47.6 Å². The molecule has 0 radical (unpaired) electrons. The van der Waals surface area contributed by atoms with Crippen molar-refractivity contribution in [1.29, 1.82) is 0 Å². The molecule has 0 aromatic heterocycles. The molecule has 0 bridgehead atoms. The number of ether oxygens (including phenoxy) is 2. The van der Waals surface area contributed by atoms with Crippen molar-refractivity contribution in [2.75, 3.05) is 11.9 Å². The lowest BCUT2D eigenvalue weighted by atomic mass is 9.98. The fraction of sp³-hybridized carbons (Fsp3) is 0.500. The molecule has 0 unspecified atom stereocenters. The molecule has 1 atom stereocenters. The third-order valence-corrected chi connectivity index (χ3v) is 4.33. The molecule has 26 heavy (non-hydrogen) atoms. The Balaban J connectivity index is 2.34. The van der Waals surface area contributed by atoms with Crippen LogP contribution in [-0.4, -0.2) is 24.2 Å². The van der Waals surface area contributed by atoms with Crippen LogP contribution in [0, 0.1) is 0 Å². The SMILES string of the molecule is CCCO[C@@](C)(CCC)C(=O)Nc1ccc(OC(C)C)c2ccccc12. The Kier molecular flexibility index (Phi) is 7.04. The van der Waals surface area contributed by atoms with Gasteiger partial charge in [0.2, 0.25) is 0 Å². The Bertz CT molecular complexity index is 741. The lowest BCUT2D eigenvalue weighted by Gasteiger charge is -2.28. The van der Waals surface area contributed by atoms with Gasteiger partial charge in [0.15, 0.2) is 0 Å². The fourth-order valence-corrected chi connectivity index (χ4v) is 3.05. The molecule has 0 aliphatic carbocycles. The summed E-state index contributed by atoms with van der Waals surface area (Å²) in [7, 11) is 0. The molecule has 1 amide bonds. The van der Waals surface area contributed by atoms with Crippen molar-refractivity contribution < 1.29 is 14.3 Å². The van der Waals surface area contributed by atoms with Crippen LogP contribution < -0.4 is 10.1 Å². The van der Waals surface area contributed by atoms with Crippen molar-refractivity contribution in [2.24, 2.45) is 0 Å². The van der Waals surface area contributed by atoms with E-state index in [2.05, 4.69) is 12.2 Å². The first-order valence-electron chi connectivity index (χ1n) is 9.55. The first kappa shape index (κ1) is 20.2. The normalized spacial score (nSPS) is 13.6. The Hall–Kier alpha value is -2.07. The second kappa shape index (κ2) is 9.04. The van der Waals surface area contributed by atoms with E-state index in [-0.39, 0.29) is 12.0 Å². The molecule has 4 nitrogen and oxygen atoms in total. The lowest BCUT2D eigenvalue weighted by molar-refractivity contribution is -0.140. The zero-order valence-corrected chi connectivity index (χ0v) is 16.6. The molecule has 2 aromatic carbocycles. The van der Waals surface area contributed by atoms with Crippen LogP contribution in [0.5, 0.6) is 5.75 Å². The Morgan fingerprint density at radius 3 is 2.38 bits per heavy atom. The summed E-state index contributed by atoms with van der Waals surface area (Å²) in [4.78, 5) is 13.0. The highest BCUT2D eigenvalue weighted by molar-refractivity contribution is 6.06. The van der Waals surface area contributed by atoms with E-state index in [1.807, 2.05) is 64.1 Å². The molecular formula is C22H31NO3. The van der Waals surface area contributed by atoms with Crippen molar-refractivity contribution in [1.82, 2.24) is 0 Å². The first-order chi connectivity index (χ1) is 12.4. The summed E-state index contributed by atoms with van der Waals surface area (Å²) in [5.74, 6) is 0.725. The summed E-state index contributed by atoms with van der Waals surface area (Å²) < 4.78 is 11.8. The molecular weight excluding hydrogens is 326 g/mol. The molecule has 0 heterocycles. The van der Waals surface area contributed by atoms with Gasteiger partial charge in [0, 0.05) is 23.1 Å². The number of carbonyl (C=O) groups is 1. The molecule has 1 N–H and O–H groups in total. The van der Waals surface area contributed by atoms with Gasteiger partial charge in [0.1, 0.15) is 11.4 Å². The van der Waals surface area contributed by atoms with Gasteiger partial charge < -0.3 is 14.8 Å². The maximum absolute atomic E-state index is 13.0. The molecule has 0 fully saturated rings. The number of rotatable bonds is 9. The van der Waals surface area contributed by atoms with Crippen molar-refractivity contribution >= 4 is 22.4 Å². The van der Waals surface area contributed by atoms with Crippen LogP contribution in [0.25, 0.3) is 10.8 Å². The average Bonchev–Trinajstić information content (AvgIpc) is 2.62. The minimum atomic E-state index is -0.820. The second-order valence-corrected chi connectivity index (χ2v) is 7.11. The van der Waals surface area contributed by atoms with Crippen molar-refractivity contribution in [3.05, 3.63) is 36.4 Å². The number of hydrogen-bond donors (Lipinski definition) is 1. The summed E-state index contributed by atoms with van der Waals surface area (Å²) in [6, 6.07) is 11.8. The molecule has 0 aliphatic rings. The maximum Gasteiger partial charge on any atom is 0.256 e. The number of carbonyl (C=O) groups excluding carboxylic acids is 1. The van der Waals surface area contributed by atoms with E-state index in [0.717, 1.165) is 35.1 Å². The van der Waals surface area contributed by atoms with Crippen molar-refractivity contribution in [3.8, 4) is 5.75 Å². The molecule has 0 aliphatic heterocycles. The third-order valence-electron chi connectivity index (χ3n) is 4.33. The molecule has 0 saturated heterocycles. The molecule has 2 aromatic rings. The van der Waals surface area contributed by atoms with E-state index in [4.69, 9.17) is 9.47 Å². The van der Waals surface area contributed by atoms with Crippen LogP contribution >= 0.6 is 0 Å². The van der Waals surface area contributed by atoms with Crippen molar-refractivity contribution in [2.45, 2.75) is 65.6 Å². The van der Waals surface area contributed by atoms with Crippen LogP contribution in [0.1, 0.15) is 53.9 Å². The highest BCUT2D eigenvalue weighted by atomic mass is 16.5. The van der Waals surface area contributed by atoms with Gasteiger partial charge >= 0.3 is 0 Å². The monoisotopic (exact) mass is 357 g/mol. The molecule has 0 spiro atoms. The van der Waals surface area contributed by atoms with E-state index >= 15 is 0 Å². The fourth-order valence-electron chi connectivity index (χ4n) is 3.05. The van der Waals surface area contributed by atoms with Gasteiger partial charge in [-0.25, -0.2) is 0 Å². The summed E-state index contributed by atoms with van der Waals surface area (Å²) in [5.41, 5.74) is -0.0389. The minimum Gasteiger partial charge on any atom is -0.490 e. The standard InChI is InChI=1S/C22H31NO3/c1-6-14-22(5,25-15-7-2)21(24)23-19-12-13-20(26-16(3)4)18-11-9-8-10-17(18)19/h8-13,16H,6-7,14-15H2,1-5H3,(H,23,24)/t22-/m0/s1. The predicted octanol–water partition coefficient (Wildman–Crippen LogP) is 5.55. The number of nitrogens with one attached hydrogen (secondary N) is 1. The van der Waals surface area contributed by atoms with E-state index in [0.29, 0.717) is 13.0 Å². The van der Waals surface area contributed by atoms with Gasteiger partial charge in [-0.2, -0.15) is 0 Å². The Labute approximate surface area is 156 Å². The summed E-state index contributed by atoms with van der Waals surface area (Å²) in [5, 5.41) is 5.04. The van der Waals surface area contributed by atoms with Crippen LogP contribution in [0.15, 0.2) is 36.4 Å². The lowest BCUT2D eigenvalue weighted by Crippen LogP contribution is -2.43. The number of anilines is 1. The summed E-state index contributed by atoms with van der Waals surface area (Å²) in [6.07, 6.45) is 2.55.